The number of nitriles is 2. The van der Waals surface area contributed by atoms with Crippen molar-refractivity contribution in [3.05, 3.63) is 34.9 Å². The van der Waals surface area contributed by atoms with Crippen molar-refractivity contribution >= 4 is 5.78 Å². The molecular weight excluding hydrogens is 202 g/mol. The number of hydrogen-bond donors (Lipinski definition) is 0. The summed E-state index contributed by atoms with van der Waals surface area (Å²) >= 11 is 0. The Kier molecular flexibility index (Phi) is 3.10. The SMILES string of the molecule is N#CCC(=O)c1cc(F)c(C#N)c(F)c1. The Morgan fingerprint density at radius 2 is 1.80 bits per heavy atom. The molecule has 0 radical (unpaired) electrons. The van der Waals surface area contributed by atoms with E-state index in [0.29, 0.717) is 0 Å². The van der Waals surface area contributed by atoms with E-state index in [1.54, 1.807) is 6.07 Å². The molecule has 0 fully saturated rings. The van der Waals surface area contributed by atoms with Crippen molar-refractivity contribution in [2.75, 3.05) is 0 Å². The lowest BCUT2D eigenvalue weighted by Crippen LogP contribution is -2.01. The van der Waals surface area contributed by atoms with E-state index in [4.69, 9.17) is 10.5 Å². The monoisotopic (exact) mass is 206 g/mol. The minimum atomic E-state index is -1.10. The molecule has 0 aliphatic heterocycles. The summed E-state index contributed by atoms with van der Waals surface area (Å²) in [5.74, 6) is -2.88. The van der Waals surface area contributed by atoms with E-state index in [9.17, 15) is 13.6 Å². The van der Waals surface area contributed by atoms with Gasteiger partial charge in [0, 0.05) is 5.56 Å². The van der Waals surface area contributed by atoms with Crippen LogP contribution in [-0.2, 0) is 0 Å². The molecule has 0 spiro atoms. The van der Waals surface area contributed by atoms with Crippen molar-refractivity contribution in [2.24, 2.45) is 0 Å². The zero-order chi connectivity index (χ0) is 11.4. The Bertz CT molecular complexity index is 474. The van der Waals surface area contributed by atoms with Gasteiger partial charge in [-0.1, -0.05) is 0 Å². The van der Waals surface area contributed by atoms with Gasteiger partial charge in [-0.15, -0.1) is 0 Å². The summed E-state index contributed by atoms with van der Waals surface area (Å²) in [6.07, 6.45) is -0.454. The van der Waals surface area contributed by atoms with Gasteiger partial charge in [-0.3, -0.25) is 4.79 Å². The summed E-state index contributed by atoms with van der Waals surface area (Å²) in [4.78, 5) is 11.1. The Hall–Kier alpha value is -2.27. The minimum Gasteiger partial charge on any atom is -0.293 e. The fourth-order valence-corrected chi connectivity index (χ4v) is 1.01. The highest BCUT2D eigenvalue weighted by Crippen LogP contribution is 2.15. The van der Waals surface area contributed by atoms with Crippen LogP contribution < -0.4 is 0 Å². The molecule has 1 rings (SSSR count). The van der Waals surface area contributed by atoms with Gasteiger partial charge >= 0.3 is 0 Å². The van der Waals surface area contributed by atoms with E-state index in [2.05, 4.69) is 0 Å². The zero-order valence-corrected chi connectivity index (χ0v) is 7.42. The highest BCUT2D eigenvalue weighted by atomic mass is 19.1. The third-order valence-electron chi connectivity index (χ3n) is 1.72. The smallest absolute Gasteiger partial charge is 0.177 e. The highest BCUT2D eigenvalue weighted by molar-refractivity contribution is 5.97. The van der Waals surface area contributed by atoms with E-state index < -0.39 is 29.4 Å². The van der Waals surface area contributed by atoms with Gasteiger partial charge in [-0.05, 0) is 12.1 Å². The molecule has 0 N–H and O–H groups in total. The number of nitrogens with zero attached hydrogens (tertiary/aromatic N) is 2. The molecule has 15 heavy (non-hydrogen) atoms. The number of Topliss-reactive ketones (excluding diaryl/α,β-unsaturated/α-hetero) is 1. The number of benzene rings is 1. The first-order valence-electron chi connectivity index (χ1n) is 3.89. The number of rotatable bonds is 2. The van der Waals surface area contributed by atoms with Gasteiger partial charge in [0.25, 0.3) is 0 Å². The number of hydrogen-bond acceptors (Lipinski definition) is 3. The Morgan fingerprint density at radius 1 is 1.27 bits per heavy atom. The molecule has 0 atom stereocenters. The van der Waals surface area contributed by atoms with Crippen LogP contribution in [0.2, 0.25) is 0 Å². The summed E-state index contributed by atoms with van der Waals surface area (Å²) in [6, 6.07) is 4.41. The van der Waals surface area contributed by atoms with Crippen LogP contribution in [0.5, 0.6) is 0 Å². The molecule has 0 aliphatic carbocycles. The molecule has 0 saturated heterocycles. The van der Waals surface area contributed by atoms with Gasteiger partial charge < -0.3 is 0 Å². The summed E-state index contributed by atoms with van der Waals surface area (Å²) in [5.41, 5.74) is -0.978. The van der Waals surface area contributed by atoms with Crippen molar-refractivity contribution in [1.29, 1.82) is 10.5 Å². The van der Waals surface area contributed by atoms with Crippen molar-refractivity contribution < 1.29 is 13.6 Å². The topological polar surface area (TPSA) is 64.7 Å². The Balaban J connectivity index is 3.23. The molecule has 74 valence electrons. The summed E-state index contributed by atoms with van der Waals surface area (Å²) in [6.45, 7) is 0. The first-order valence-corrected chi connectivity index (χ1v) is 3.89. The van der Waals surface area contributed by atoms with E-state index in [1.807, 2.05) is 0 Å². The van der Waals surface area contributed by atoms with Crippen molar-refractivity contribution in [3.8, 4) is 12.1 Å². The lowest BCUT2D eigenvalue weighted by Gasteiger charge is -2.00. The quantitative estimate of drug-likeness (QED) is 0.694. The Morgan fingerprint density at radius 3 is 2.20 bits per heavy atom. The predicted molar refractivity (Wildman–Crippen MR) is 45.6 cm³/mol. The molecule has 0 saturated carbocycles. The largest absolute Gasteiger partial charge is 0.293 e. The second-order valence-electron chi connectivity index (χ2n) is 2.68. The second-order valence-corrected chi connectivity index (χ2v) is 2.68. The zero-order valence-electron chi connectivity index (χ0n) is 7.42. The molecule has 3 nitrogen and oxygen atoms in total. The highest BCUT2D eigenvalue weighted by Gasteiger charge is 2.14. The number of halogens is 2. The summed E-state index contributed by atoms with van der Waals surface area (Å²) in [5, 5.41) is 16.6. The molecule has 1 aromatic carbocycles. The van der Waals surface area contributed by atoms with Crippen LogP contribution in [-0.4, -0.2) is 5.78 Å². The molecular formula is C10H4F2N2O. The van der Waals surface area contributed by atoms with Crippen LogP contribution in [0.25, 0.3) is 0 Å². The third-order valence-corrected chi connectivity index (χ3v) is 1.72. The maximum Gasteiger partial charge on any atom is 0.177 e. The van der Waals surface area contributed by atoms with Gasteiger partial charge in [0.05, 0.1) is 12.5 Å². The van der Waals surface area contributed by atoms with E-state index >= 15 is 0 Å². The van der Waals surface area contributed by atoms with Crippen LogP contribution in [0.3, 0.4) is 0 Å². The van der Waals surface area contributed by atoms with Gasteiger partial charge in [0.15, 0.2) is 5.78 Å². The van der Waals surface area contributed by atoms with E-state index in [0.717, 1.165) is 12.1 Å². The van der Waals surface area contributed by atoms with Crippen LogP contribution in [0.4, 0.5) is 8.78 Å². The number of ketones is 1. The number of carbonyl (C=O) groups excluding carboxylic acids is 1. The molecule has 0 heterocycles. The lowest BCUT2D eigenvalue weighted by molar-refractivity contribution is 0.0997. The van der Waals surface area contributed by atoms with Crippen LogP contribution in [0, 0.1) is 34.3 Å². The van der Waals surface area contributed by atoms with Crippen molar-refractivity contribution in [2.45, 2.75) is 6.42 Å². The maximum atomic E-state index is 13.0. The molecule has 0 bridgehead atoms. The molecule has 0 aromatic heterocycles. The molecule has 1 aromatic rings. The van der Waals surface area contributed by atoms with Crippen LogP contribution in [0.1, 0.15) is 22.3 Å². The molecule has 0 amide bonds. The van der Waals surface area contributed by atoms with Gasteiger partial charge in [0.1, 0.15) is 23.3 Å². The van der Waals surface area contributed by atoms with Crippen LogP contribution >= 0.6 is 0 Å². The van der Waals surface area contributed by atoms with Crippen LogP contribution in [0.15, 0.2) is 12.1 Å². The first-order chi connectivity index (χ1) is 7.10. The summed E-state index contributed by atoms with van der Waals surface area (Å²) in [7, 11) is 0. The normalized spacial score (nSPS) is 9.07. The van der Waals surface area contributed by atoms with E-state index in [1.165, 1.54) is 6.07 Å². The van der Waals surface area contributed by atoms with Gasteiger partial charge in [0.2, 0.25) is 0 Å². The second kappa shape index (κ2) is 4.30. The fourth-order valence-electron chi connectivity index (χ4n) is 1.01. The maximum absolute atomic E-state index is 13.0. The van der Waals surface area contributed by atoms with E-state index in [-0.39, 0.29) is 5.56 Å². The minimum absolute atomic E-state index is 0.245. The third kappa shape index (κ3) is 2.15. The number of carbonyl (C=O) groups is 1. The predicted octanol–water partition coefficient (Wildman–Crippen LogP) is 1.93. The Labute approximate surface area is 84.2 Å². The average Bonchev–Trinajstić information content (AvgIpc) is 2.17. The van der Waals surface area contributed by atoms with Crippen molar-refractivity contribution in [1.82, 2.24) is 0 Å². The molecule has 5 heteroatoms. The molecule has 0 aliphatic rings. The van der Waals surface area contributed by atoms with Gasteiger partial charge in [-0.25, -0.2) is 8.78 Å². The fraction of sp³-hybridized carbons (Fsp3) is 0.100. The van der Waals surface area contributed by atoms with Crippen molar-refractivity contribution in [3.63, 3.8) is 0 Å². The lowest BCUT2D eigenvalue weighted by atomic mass is 10.1. The summed E-state index contributed by atoms with van der Waals surface area (Å²) < 4.78 is 26.0. The van der Waals surface area contributed by atoms with Gasteiger partial charge in [-0.2, -0.15) is 10.5 Å². The first kappa shape index (κ1) is 10.8. The molecule has 0 unspecified atom stereocenters. The standard InChI is InChI=1S/C10H4F2N2O/c11-8-3-6(10(15)1-2-13)4-9(12)7(8)5-14/h3-4H,1H2. The average molecular weight is 206 g/mol.